The van der Waals surface area contributed by atoms with E-state index in [-0.39, 0.29) is 11.7 Å². The van der Waals surface area contributed by atoms with E-state index in [1.54, 1.807) is 24.3 Å². The standard InChI is InChI=1S/C20H17ClN4O4S3/c21-15-7-3-1-6-14(15)11-30-19-24-25-20(32-19)31-12-17(26)23-22-9-13-5-2-4-8-16(13)29-10-18(27)28/h1-9H,10-12H2,(H,23,26)(H,27,28)/p-1/b22-9+. The van der Waals surface area contributed by atoms with Crippen LogP contribution in [0.3, 0.4) is 0 Å². The van der Waals surface area contributed by atoms with E-state index < -0.39 is 12.6 Å². The van der Waals surface area contributed by atoms with E-state index in [0.29, 0.717) is 26.4 Å². The number of hydrogen-bond acceptors (Lipinski definition) is 10. The molecule has 0 radical (unpaired) electrons. The highest BCUT2D eigenvalue weighted by Crippen LogP contribution is 2.32. The van der Waals surface area contributed by atoms with Crippen LogP contribution in [0.5, 0.6) is 5.75 Å². The van der Waals surface area contributed by atoms with Crippen molar-refractivity contribution in [2.24, 2.45) is 5.10 Å². The molecule has 1 amide bonds. The zero-order chi connectivity index (χ0) is 22.8. The number of aliphatic carboxylic acids is 1. The molecule has 0 aliphatic carbocycles. The summed E-state index contributed by atoms with van der Waals surface area (Å²) in [7, 11) is 0. The first-order chi connectivity index (χ1) is 15.5. The van der Waals surface area contributed by atoms with Crippen molar-refractivity contribution in [3.8, 4) is 5.75 Å². The summed E-state index contributed by atoms with van der Waals surface area (Å²) in [6.07, 6.45) is 1.38. The van der Waals surface area contributed by atoms with Crippen LogP contribution in [0.2, 0.25) is 5.02 Å². The zero-order valence-electron chi connectivity index (χ0n) is 16.4. The van der Waals surface area contributed by atoms with Crippen LogP contribution in [0.15, 0.2) is 62.3 Å². The Bertz CT molecular complexity index is 1110. The molecule has 0 aliphatic rings. The van der Waals surface area contributed by atoms with Gasteiger partial charge in [-0.25, -0.2) is 5.43 Å². The summed E-state index contributed by atoms with van der Waals surface area (Å²) < 4.78 is 6.59. The van der Waals surface area contributed by atoms with Gasteiger partial charge in [0.2, 0.25) is 0 Å². The Morgan fingerprint density at radius 2 is 1.84 bits per heavy atom. The second-order valence-corrected chi connectivity index (χ2v) is 9.82. The Kier molecular flexibility index (Phi) is 9.35. The number of nitrogens with one attached hydrogen (secondary N) is 1. The van der Waals surface area contributed by atoms with Gasteiger partial charge in [0.15, 0.2) is 8.68 Å². The molecule has 0 unspecified atom stereocenters. The van der Waals surface area contributed by atoms with Gasteiger partial charge in [-0.3, -0.25) is 4.79 Å². The number of carboxylic acids is 1. The van der Waals surface area contributed by atoms with Crippen LogP contribution < -0.4 is 15.3 Å². The van der Waals surface area contributed by atoms with E-state index in [1.807, 2.05) is 24.3 Å². The van der Waals surface area contributed by atoms with E-state index in [1.165, 1.54) is 41.1 Å². The van der Waals surface area contributed by atoms with Crippen molar-refractivity contribution in [3.05, 3.63) is 64.7 Å². The van der Waals surface area contributed by atoms with Crippen LogP contribution in [0, 0.1) is 0 Å². The number of aromatic nitrogens is 2. The van der Waals surface area contributed by atoms with Gasteiger partial charge in [0.1, 0.15) is 12.4 Å². The third kappa shape index (κ3) is 7.83. The number of hydrazone groups is 1. The lowest BCUT2D eigenvalue weighted by Crippen LogP contribution is -2.29. The van der Waals surface area contributed by atoms with Gasteiger partial charge in [-0.05, 0) is 23.8 Å². The summed E-state index contributed by atoms with van der Waals surface area (Å²) in [5, 5.41) is 23.4. The quantitative estimate of drug-likeness (QED) is 0.239. The van der Waals surface area contributed by atoms with Crippen LogP contribution in [0.25, 0.3) is 0 Å². The first-order valence-electron chi connectivity index (χ1n) is 9.07. The Hall–Kier alpha value is -2.60. The number of hydrogen-bond donors (Lipinski definition) is 1. The molecule has 0 fully saturated rings. The van der Waals surface area contributed by atoms with E-state index >= 15 is 0 Å². The van der Waals surface area contributed by atoms with Crippen molar-refractivity contribution in [1.82, 2.24) is 15.6 Å². The second kappa shape index (κ2) is 12.4. The average Bonchev–Trinajstić information content (AvgIpc) is 3.24. The molecule has 8 nitrogen and oxygen atoms in total. The van der Waals surface area contributed by atoms with Crippen molar-refractivity contribution in [2.45, 2.75) is 14.4 Å². The Morgan fingerprint density at radius 3 is 2.62 bits per heavy atom. The number of nitrogens with zero attached hydrogens (tertiary/aromatic N) is 3. The fourth-order valence-electron chi connectivity index (χ4n) is 2.26. The van der Waals surface area contributed by atoms with Crippen molar-refractivity contribution >= 4 is 64.6 Å². The minimum Gasteiger partial charge on any atom is -0.546 e. The lowest BCUT2D eigenvalue weighted by molar-refractivity contribution is -0.307. The van der Waals surface area contributed by atoms with Crippen LogP contribution in [-0.4, -0.2) is 40.6 Å². The van der Waals surface area contributed by atoms with Crippen molar-refractivity contribution in [2.75, 3.05) is 12.4 Å². The minimum absolute atomic E-state index is 0.115. The zero-order valence-corrected chi connectivity index (χ0v) is 19.6. The maximum Gasteiger partial charge on any atom is 0.250 e. The molecule has 2 aromatic carbocycles. The number of para-hydroxylation sites is 1. The third-order valence-corrected chi connectivity index (χ3v) is 7.29. The third-order valence-electron chi connectivity index (χ3n) is 3.68. The normalized spacial score (nSPS) is 10.9. The summed E-state index contributed by atoms with van der Waals surface area (Å²) in [5.41, 5.74) is 3.96. The molecule has 0 saturated heterocycles. The lowest BCUT2D eigenvalue weighted by Gasteiger charge is -2.08. The Morgan fingerprint density at radius 1 is 1.12 bits per heavy atom. The monoisotopic (exact) mass is 507 g/mol. The number of benzene rings is 2. The average molecular weight is 508 g/mol. The van der Waals surface area contributed by atoms with Gasteiger partial charge in [-0.1, -0.05) is 76.8 Å². The first-order valence-corrected chi connectivity index (χ1v) is 12.2. The van der Waals surface area contributed by atoms with Gasteiger partial charge in [-0.15, -0.1) is 10.2 Å². The second-order valence-electron chi connectivity index (χ2n) is 5.99. The van der Waals surface area contributed by atoms with Crippen molar-refractivity contribution in [3.63, 3.8) is 0 Å². The molecule has 12 heteroatoms. The topological polar surface area (TPSA) is 117 Å². The largest absolute Gasteiger partial charge is 0.546 e. The number of carbonyl (C=O) groups excluding carboxylic acids is 2. The molecular weight excluding hydrogens is 492 g/mol. The maximum atomic E-state index is 12.0. The molecule has 0 spiro atoms. The number of halogens is 1. The molecule has 1 aromatic heterocycles. The predicted octanol–water partition coefficient (Wildman–Crippen LogP) is 2.85. The van der Waals surface area contributed by atoms with Gasteiger partial charge in [0.05, 0.1) is 17.9 Å². The molecular formula is C20H16ClN4O4S3-. The fraction of sp³-hybridized carbons (Fsp3) is 0.150. The van der Waals surface area contributed by atoms with Crippen LogP contribution >= 0.6 is 46.5 Å². The molecule has 1 heterocycles. The molecule has 3 aromatic rings. The highest BCUT2D eigenvalue weighted by Gasteiger charge is 2.09. The summed E-state index contributed by atoms with van der Waals surface area (Å²) >= 11 is 10.4. The molecule has 1 N–H and O–H groups in total. The summed E-state index contributed by atoms with van der Waals surface area (Å²) in [5.74, 6) is -0.532. The Balaban J connectivity index is 1.44. The van der Waals surface area contributed by atoms with Gasteiger partial charge < -0.3 is 14.6 Å². The van der Waals surface area contributed by atoms with E-state index in [4.69, 9.17) is 16.3 Å². The molecule has 0 aliphatic heterocycles. The number of ether oxygens (including phenoxy) is 1. The fourth-order valence-corrected chi connectivity index (χ4v) is 5.36. The van der Waals surface area contributed by atoms with Gasteiger partial charge in [0.25, 0.3) is 5.91 Å². The van der Waals surface area contributed by atoms with Crippen LogP contribution in [-0.2, 0) is 15.3 Å². The first kappa shape index (κ1) is 24.1. The smallest absolute Gasteiger partial charge is 0.250 e. The van der Waals surface area contributed by atoms with Gasteiger partial charge in [0, 0.05) is 16.3 Å². The Labute approximate surface area is 201 Å². The SMILES string of the molecule is O=C([O-])COc1ccccc1/C=N/NC(=O)CSc1nnc(SCc2ccccc2Cl)s1. The highest BCUT2D eigenvalue weighted by atomic mass is 35.5. The predicted molar refractivity (Wildman–Crippen MR) is 124 cm³/mol. The van der Waals surface area contributed by atoms with E-state index in [2.05, 4.69) is 20.7 Å². The number of amides is 1. The van der Waals surface area contributed by atoms with Crippen LogP contribution in [0.1, 0.15) is 11.1 Å². The summed E-state index contributed by atoms with van der Waals surface area (Å²) in [6.45, 7) is -0.575. The van der Waals surface area contributed by atoms with Crippen LogP contribution in [0.4, 0.5) is 0 Å². The molecule has 166 valence electrons. The maximum absolute atomic E-state index is 12.0. The molecule has 0 saturated carbocycles. The van der Waals surface area contributed by atoms with E-state index in [9.17, 15) is 14.7 Å². The van der Waals surface area contributed by atoms with Crippen molar-refractivity contribution in [1.29, 1.82) is 0 Å². The molecule has 3 rings (SSSR count). The number of thioether (sulfide) groups is 2. The molecule has 0 bridgehead atoms. The molecule has 32 heavy (non-hydrogen) atoms. The molecule has 0 atom stereocenters. The highest BCUT2D eigenvalue weighted by molar-refractivity contribution is 8.03. The lowest BCUT2D eigenvalue weighted by atomic mass is 10.2. The van der Waals surface area contributed by atoms with Gasteiger partial charge >= 0.3 is 0 Å². The number of carbonyl (C=O) groups is 2. The van der Waals surface area contributed by atoms with E-state index in [0.717, 1.165) is 9.90 Å². The number of carboxylic acid groups (broad SMARTS) is 1. The number of rotatable bonds is 11. The van der Waals surface area contributed by atoms with Gasteiger partial charge in [-0.2, -0.15) is 5.10 Å². The minimum atomic E-state index is -1.33. The summed E-state index contributed by atoms with van der Waals surface area (Å²) in [4.78, 5) is 22.6. The van der Waals surface area contributed by atoms with Crippen molar-refractivity contribution < 1.29 is 19.4 Å². The summed E-state index contributed by atoms with van der Waals surface area (Å²) in [6, 6.07) is 14.3.